The number of benzene rings is 3. The lowest BCUT2D eigenvalue weighted by molar-refractivity contribution is -0.0718. The Bertz CT molecular complexity index is 1010. The molecule has 0 spiro atoms. The van der Waals surface area contributed by atoms with Gasteiger partial charge in [0.15, 0.2) is 0 Å². The van der Waals surface area contributed by atoms with Gasteiger partial charge in [0, 0.05) is 30.5 Å². The molecule has 7 heteroatoms. The fourth-order valence-electron chi connectivity index (χ4n) is 4.26. The molecule has 1 heterocycles. The predicted molar refractivity (Wildman–Crippen MR) is 120 cm³/mol. The van der Waals surface area contributed by atoms with E-state index < -0.39 is 6.10 Å². The van der Waals surface area contributed by atoms with E-state index in [4.69, 9.17) is 9.47 Å². The van der Waals surface area contributed by atoms with Crippen molar-refractivity contribution >= 4 is 0 Å². The second kappa shape index (κ2) is 10.3. The fraction of sp³-hybridized carbons (Fsp3) is 0.308. The van der Waals surface area contributed by atoms with Crippen molar-refractivity contribution in [3.8, 4) is 11.5 Å². The molecule has 0 bridgehead atoms. The zero-order chi connectivity index (χ0) is 23.4. The van der Waals surface area contributed by atoms with E-state index in [0.29, 0.717) is 24.3 Å². The lowest BCUT2D eigenvalue weighted by Gasteiger charge is -2.38. The topological polar surface area (TPSA) is 71.0 Å². The van der Waals surface area contributed by atoms with Crippen LogP contribution in [0, 0.1) is 11.6 Å². The van der Waals surface area contributed by atoms with E-state index in [0.717, 1.165) is 11.1 Å². The number of aromatic hydroxyl groups is 1. The second-order valence-electron chi connectivity index (χ2n) is 8.24. The first kappa shape index (κ1) is 23.2. The molecule has 3 aromatic carbocycles. The minimum Gasteiger partial charge on any atom is -0.507 e. The van der Waals surface area contributed by atoms with Gasteiger partial charge in [-0.3, -0.25) is 0 Å². The smallest absolute Gasteiger partial charge is 0.123 e. The van der Waals surface area contributed by atoms with Gasteiger partial charge in [-0.2, -0.15) is 0 Å². The van der Waals surface area contributed by atoms with Gasteiger partial charge in [-0.05, 0) is 41.5 Å². The molecular formula is C26H27F2NO4. The van der Waals surface area contributed by atoms with Crippen molar-refractivity contribution in [3.05, 3.63) is 95.1 Å². The summed E-state index contributed by atoms with van der Waals surface area (Å²) in [6, 6.07) is 17.0. The zero-order valence-electron chi connectivity index (χ0n) is 18.2. The molecule has 0 amide bonds. The van der Waals surface area contributed by atoms with Crippen LogP contribution < -0.4 is 10.1 Å². The first-order chi connectivity index (χ1) is 15.9. The van der Waals surface area contributed by atoms with Gasteiger partial charge >= 0.3 is 0 Å². The summed E-state index contributed by atoms with van der Waals surface area (Å²) in [6.07, 6.45) is -0.734. The molecule has 0 radical (unpaired) electrons. The number of methoxy groups -OCH3 is 1. The van der Waals surface area contributed by atoms with E-state index in [1.807, 2.05) is 0 Å². The number of ether oxygens (including phenoxy) is 2. The minimum absolute atomic E-state index is 0.110. The third kappa shape index (κ3) is 5.50. The standard InChI is InChI=1S/C26H27F2NO4/c1-32-21-11-6-18(23(30)12-21)14-29-22-15-33-25(13-24(22)31)26(16-2-7-19(27)8-3-16)17-4-9-20(28)10-5-17/h2-12,22,24-26,29-31H,13-15H2,1H3/t22-,24-,25+/m1/s1. The Kier molecular flexibility index (Phi) is 7.23. The molecular weight excluding hydrogens is 428 g/mol. The molecule has 33 heavy (non-hydrogen) atoms. The monoisotopic (exact) mass is 455 g/mol. The summed E-state index contributed by atoms with van der Waals surface area (Å²) >= 11 is 0. The fourth-order valence-corrected chi connectivity index (χ4v) is 4.26. The number of phenols is 1. The van der Waals surface area contributed by atoms with Crippen LogP contribution in [0.1, 0.15) is 29.0 Å². The van der Waals surface area contributed by atoms with Crippen molar-refractivity contribution < 1.29 is 28.5 Å². The summed E-state index contributed by atoms with van der Waals surface area (Å²) in [7, 11) is 1.53. The van der Waals surface area contributed by atoms with Crippen LogP contribution in [0.25, 0.3) is 0 Å². The first-order valence-electron chi connectivity index (χ1n) is 10.8. The van der Waals surface area contributed by atoms with E-state index in [1.54, 1.807) is 36.4 Å². The summed E-state index contributed by atoms with van der Waals surface area (Å²) in [6.45, 7) is 0.604. The highest BCUT2D eigenvalue weighted by Crippen LogP contribution is 2.35. The third-order valence-electron chi connectivity index (χ3n) is 6.11. The SMILES string of the molecule is COc1ccc(CN[C@@H]2CO[C@H](C(c3ccc(F)cc3)c3ccc(F)cc3)C[C@H]2O)c(O)c1. The third-order valence-corrected chi connectivity index (χ3v) is 6.11. The maximum Gasteiger partial charge on any atom is 0.123 e. The molecule has 174 valence electrons. The summed E-state index contributed by atoms with van der Waals surface area (Å²) in [5, 5.41) is 24.3. The summed E-state index contributed by atoms with van der Waals surface area (Å²) in [5.41, 5.74) is 2.34. The van der Waals surface area contributed by atoms with Crippen LogP contribution in [0.4, 0.5) is 8.78 Å². The number of hydrogen-bond acceptors (Lipinski definition) is 5. The average Bonchev–Trinajstić information content (AvgIpc) is 2.82. The van der Waals surface area contributed by atoms with Gasteiger partial charge in [0.2, 0.25) is 0 Å². The van der Waals surface area contributed by atoms with Crippen LogP contribution in [-0.2, 0) is 11.3 Å². The van der Waals surface area contributed by atoms with Crippen LogP contribution in [0.5, 0.6) is 11.5 Å². The van der Waals surface area contributed by atoms with E-state index in [-0.39, 0.29) is 42.1 Å². The minimum atomic E-state index is -0.701. The highest BCUT2D eigenvalue weighted by Gasteiger charge is 2.35. The van der Waals surface area contributed by atoms with Gasteiger partial charge in [0.1, 0.15) is 23.1 Å². The number of rotatable bonds is 7. The molecule has 1 saturated heterocycles. The van der Waals surface area contributed by atoms with Crippen LogP contribution in [0.3, 0.4) is 0 Å². The maximum absolute atomic E-state index is 13.5. The van der Waals surface area contributed by atoms with Gasteiger partial charge in [-0.25, -0.2) is 8.78 Å². The van der Waals surface area contributed by atoms with Gasteiger partial charge in [-0.1, -0.05) is 30.3 Å². The summed E-state index contributed by atoms with van der Waals surface area (Å²) in [5.74, 6) is -0.293. The number of hydrogen-bond donors (Lipinski definition) is 3. The summed E-state index contributed by atoms with van der Waals surface area (Å²) in [4.78, 5) is 0. The van der Waals surface area contributed by atoms with Crippen molar-refractivity contribution in [1.29, 1.82) is 0 Å². The normalized spacial score (nSPS) is 20.7. The molecule has 3 N–H and O–H groups in total. The zero-order valence-corrected chi connectivity index (χ0v) is 18.2. The predicted octanol–water partition coefficient (Wildman–Crippen LogP) is 4.12. The number of phenolic OH excluding ortho intramolecular Hbond substituents is 1. The van der Waals surface area contributed by atoms with Crippen molar-refractivity contribution in [2.45, 2.75) is 37.1 Å². The van der Waals surface area contributed by atoms with Crippen LogP contribution in [0.2, 0.25) is 0 Å². The van der Waals surface area contributed by atoms with Gasteiger partial charge < -0.3 is 25.0 Å². The second-order valence-corrected chi connectivity index (χ2v) is 8.24. The number of aliphatic hydroxyl groups excluding tert-OH is 1. The quantitative estimate of drug-likeness (QED) is 0.500. The van der Waals surface area contributed by atoms with Crippen molar-refractivity contribution in [2.24, 2.45) is 0 Å². The molecule has 0 saturated carbocycles. The Hall–Kier alpha value is -3.00. The maximum atomic E-state index is 13.5. The Balaban J connectivity index is 1.46. The Morgan fingerprint density at radius 1 is 1.00 bits per heavy atom. The molecule has 3 atom stereocenters. The lowest BCUT2D eigenvalue weighted by Crippen LogP contribution is -2.50. The lowest BCUT2D eigenvalue weighted by atomic mass is 9.82. The summed E-state index contributed by atoms with van der Waals surface area (Å²) < 4.78 is 38.3. The Morgan fingerprint density at radius 3 is 2.12 bits per heavy atom. The van der Waals surface area contributed by atoms with E-state index >= 15 is 0 Å². The largest absolute Gasteiger partial charge is 0.507 e. The molecule has 0 aliphatic carbocycles. The highest BCUT2D eigenvalue weighted by molar-refractivity contribution is 5.39. The molecule has 4 rings (SSSR count). The molecule has 0 unspecified atom stereocenters. The molecule has 1 aliphatic rings. The molecule has 5 nitrogen and oxygen atoms in total. The Labute approximate surface area is 191 Å². The van der Waals surface area contributed by atoms with Crippen LogP contribution in [-0.4, -0.2) is 42.2 Å². The van der Waals surface area contributed by atoms with E-state index in [1.165, 1.54) is 37.4 Å². The van der Waals surface area contributed by atoms with Crippen molar-refractivity contribution in [2.75, 3.05) is 13.7 Å². The number of nitrogens with one attached hydrogen (secondary N) is 1. The van der Waals surface area contributed by atoms with Crippen molar-refractivity contribution in [3.63, 3.8) is 0 Å². The molecule has 0 aromatic heterocycles. The van der Waals surface area contributed by atoms with Gasteiger partial charge in [0.05, 0.1) is 32.0 Å². The molecule has 1 fully saturated rings. The number of aliphatic hydroxyl groups is 1. The number of halogens is 2. The Morgan fingerprint density at radius 2 is 1.61 bits per heavy atom. The van der Waals surface area contributed by atoms with Crippen LogP contribution >= 0.6 is 0 Å². The van der Waals surface area contributed by atoms with Crippen LogP contribution in [0.15, 0.2) is 66.7 Å². The first-order valence-corrected chi connectivity index (χ1v) is 10.8. The van der Waals surface area contributed by atoms with E-state index in [2.05, 4.69) is 5.32 Å². The average molecular weight is 456 g/mol. The van der Waals surface area contributed by atoms with Gasteiger partial charge in [-0.15, -0.1) is 0 Å². The van der Waals surface area contributed by atoms with Crippen molar-refractivity contribution in [1.82, 2.24) is 5.32 Å². The molecule has 3 aromatic rings. The van der Waals surface area contributed by atoms with E-state index in [9.17, 15) is 19.0 Å². The molecule has 1 aliphatic heterocycles. The van der Waals surface area contributed by atoms with Gasteiger partial charge in [0.25, 0.3) is 0 Å². The highest BCUT2D eigenvalue weighted by atomic mass is 19.1.